The number of nitro groups is 1. The predicted octanol–water partition coefficient (Wildman–Crippen LogP) is 2.79. The third kappa shape index (κ3) is 2.05. The van der Waals surface area contributed by atoms with Gasteiger partial charge in [-0.15, -0.1) is 0 Å². The first-order valence-electron chi connectivity index (χ1n) is 5.96. The fraction of sp³-hybridized carbons (Fsp3) is 0.231. The molecule has 0 amide bonds. The van der Waals surface area contributed by atoms with Gasteiger partial charge < -0.3 is 9.88 Å². The Morgan fingerprint density at radius 1 is 1.47 bits per heavy atom. The fourth-order valence-electron chi connectivity index (χ4n) is 2.35. The molecule has 1 N–H and O–H groups in total. The number of hydrogen-bond acceptors (Lipinski definition) is 3. The SMILES string of the molecule is O=[N+]([O-])c1ccc2[nH]cc(N3CC=C[C@@H](F)C3)c2c1. The van der Waals surface area contributed by atoms with Gasteiger partial charge in [0.2, 0.25) is 0 Å². The lowest BCUT2D eigenvalue weighted by Gasteiger charge is -2.26. The lowest BCUT2D eigenvalue weighted by molar-refractivity contribution is -0.384. The van der Waals surface area contributed by atoms with Crippen molar-refractivity contribution in [1.29, 1.82) is 0 Å². The van der Waals surface area contributed by atoms with Gasteiger partial charge >= 0.3 is 0 Å². The highest BCUT2D eigenvalue weighted by Gasteiger charge is 2.19. The van der Waals surface area contributed by atoms with Gasteiger partial charge in [0.15, 0.2) is 0 Å². The van der Waals surface area contributed by atoms with E-state index in [1.165, 1.54) is 18.2 Å². The second-order valence-corrected chi connectivity index (χ2v) is 4.51. The molecule has 6 heteroatoms. The van der Waals surface area contributed by atoms with E-state index in [0.717, 1.165) is 16.6 Å². The minimum absolute atomic E-state index is 0.0395. The molecule has 1 atom stereocenters. The predicted molar refractivity (Wildman–Crippen MR) is 71.2 cm³/mol. The maximum absolute atomic E-state index is 13.4. The summed E-state index contributed by atoms with van der Waals surface area (Å²) in [7, 11) is 0. The first kappa shape index (κ1) is 11.7. The largest absolute Gasteiger partial charge is 0.363 e. The first-order valence-corrected chi connectivity index (χ1v) is 5.96. The van der Waals surface area contributed by atoms with E-state index in [-0.39, 0.29) is 12.2 Å². The summed E-state index contributed by atoms with van der Waals surface area (Å²) in [6, 6.07) is 4.65. The number of rotatable bonds is 2. The molecule has 98 valence electrons. The van der Waals surface area contributed by atoms with Crippen molar-refractivity contribution in [3.63, 3.8) is 0 Å². The molecule has 3 rings (SSSR count). The standard InChI is InChI=1S/C13H12FN3O2/c14-9-2-1-5-16(8-9)13-7-15-12-4-3-10(17(18)19)6-11(12)13/h1-4,6-7,9,15H,5,8H2/t9-/m1/s1. The molecular formula is C13H12FN3O2. The molecule has 1 aliphatic rings. The summed E-state index contributed by atoms with van der Waals surface area (Å²) < 4.78 is 13.4. The van der Waals surface area contributed by atoms with Crippen LogP contribution >= 0.6 is 0 Å². The van der Waals surface area contributed by atoms with E-state index in [0.29, 0.717) is 6.54 Å². The molecule has 0 unspecified atom stereocenters. The van der Waals surface area contributed by atoms with Crippen molar-refractivity contribution in [1.82, 2.24) is 4.98 Å². The quantitative estimate of drug-likeness (QED) is 0.513. The number of anilines is 1. The van der Waals surface area contributed by atoms with E-state index in [4.69, 9.17) is 0 Å². The Balaban J connectivity index is 2.06. The Morgan fingerprint density at radius 3 is 3.05 bits per heavy atom. The maximum atomic E-state index is 13.4. The molecule has 5 nitrogen and oxygen atoms in total. The van der Waals surface area contributed by atoms with E-state index in [2.05, 4.69) is 4.98 Å². The van der Waals surface area contributed by atoms with Crippen molar-refractivity contribution >= 4 is 22.3 Å². The number of non-ortho nitro benzene ring substituents is 1. The van der Waals surface area contributed by atoms with Crippen LogP contribution in [-0.4, -0.2) is 29.2 Å². The van der Waals surface area contributed by atoms with Crippen LogP contribution in [0, 0.1) is 10.1 Å². The third-order valence-corrected chi connectivity index (χ3v) is 3.26. The van der Waals surface area contributed by atoms with Crippen molar-refractivity contribution in [3.05, 3.63) is 46.7 Å². The van der Waals surface area contributed by atoms with Gasteiger partial charge in [-0.2, -0.15) is 0 Å². The Bertz CT molecular complexity index is 665. The number of aromatic nitrogens is 1. The van der Waals surface area contributed by atoms with Crippen LogP contribution in [0.4, 0.5) is 15.8 Å². The first-order chi connectivity index (χ1) is 9.15. The van der Waals surface area contributed by atoms with Crippen LogP contribution in [0.5, 0.6) is 0 Å². The highest BCUT2D eigenvalue weighted by atomic mass is 19.1. The number of hydrogen-bond donors (Lipinski definition) is 1. The molecule has 0 saturated carbocycles. The van der Waals surface area contributed by atoms with Crippen LogP contribution in [0.1, 0.15) is 0 Å². The summed E-state index contributed by atoms with van der Waals surface area (Å²) in [6.45, 7) is 0.877. The van der Waals surface area contributed by atoms with Gasteiger partial charge in [0.05, 0.1) is 17.2 Å². The van der Waals surface area contributed by atoms with Crippen molar-refractivity contribution in [2.75, 3.05) is 18.0 Å². The van der Waals surface area contributed by atoms with E-state index in [1.807, 2.05) is 4.90 Å². The van der Waals surface area contributed by atoms with E-state index in [9.17, 15) is 14.5 Å². The normalized spacial score (nSPS) is 19.0. The molecular weight excluding hydrogens is 249 g/mol. The van der Waals surface area contributed by atoms with Gasteiger partial charge in [0.1, 0.15) is 6.17 Å². The molecule has 2 heterocycles. The number of nitro benzene ring substituents is 1. The minimum Gasteiger partial charge on any atom is -0.363 e. The van der Waals surface area contributed by atoms with Gasteiger partial charge in [-0.25, -0.2) is 4.39 Å². The van der Waals surface area contributed by atoms with Gasteiger partial charge in [-0.3, -0.25) is 10.1 Å². The molecule has 0 spiro atoms. The molecule has 0 bridgehead atoms. The van der Waals surface area contributed by atoms with Crippen LogP contribution in [0.3, 0.4) is 0 Å². The zero-order chi connectivity index (χ0) is 13.4. The molecule has 0 saturated heterocycles. The number of nitrogens with zero attached hydrogens (tertiary/aromatic N) is 2. The third-order valence-electron chi connectivity index (χ3n) is 3.26. The Morgan fingerprint density at radius 2 is 2.32 bits per heavy atom. The zero-order valence-electron chi connectivity index (χ0n) is 10.0. The molecule has 2 aromatic rings. The van der Waals surface area contributed by atoms with Crippen LogP contribution in [0.2, 0.25) is 0 Å². The average molecular weight is 261 g/mol. The van der Waals surface area contributed by atoms with Crippen LogP contribution < -0.4 is 4.90 Å². The number of alkyl halides is 1. The summed E-state index contributed by atoms with van der Waals surface area (Å²) in [5.41, 5.74) is 1.65. The Labute approximate surface area is 108 Å². The van der Waals surface area contributed by atoms with E-state index < -0.39 is 11.1 Å². The number of halogens is 1. The fourth-order valence-corrected chi connectivity index (χ4v) is 2.35. The van der Waals surface area contributed by atoms with Crippen LogP contribution in [0.25, 0.3) is 10.9 Å². The summed E-state index contributed by atoms with van der Waals surface area (Å²) in [6.07, 6.45) is 4.07. The smallest absolute Gasteiger partial charge is 0.270 e. The van der Waals surface area contributed by atoms with Crippen molar-refractivity contribution in [2.45, 2.75) is 6.17 Å². The molecule has 19 heavy (non-hydrogen) atoms. The van der Waals surface area contributed by atoms with Crippen LogP contribution in [-0.2, 0) is 0 Å². The average Bonchev–Trinajstić information content (AvgIpc) is 2.81. The Hall–Kier alpha value is -2.37. The molecule has 0 radical (unpaired) electrons. The summed E-state index contributed by atoms with van der Waals surface area (Å²) in [5, 5.41) is 11.6. The molecule has 1 aliphatic heterocycles. The van der Waals surface area contributed by atoms with E-state index in [1.54, 1.807) is 18.3 Å². The number of H-pyrrole nitrogens is 1. The minimum atomic E-state index is -1.00. The lowest BCUT2D eigenvalue weighted by atomic mass is 10.1. The Kier molecular flexibility index (Phi) is 2.70. The van der Waals surface area contributed by atoms with Crippen molar-refractivity contribution < 1.29 is 9.31 Å². The summed E-state index contributed by atoms with van der Waals surface area (Å²) in [5.74, 6) is 0. The number of benzene rings is 1. The van der Waals surface area contributed by atoms with Crippen molar-refractivity contribution in [3.8, 4) is 0 Å². The van der Waals surface area contributed by atoms with Crippen molar-refractivity contribution in [2.24, 2.45) is 0 Å². The zero-order valence-corrected chi connectivity index (χ0v) is 10.0. The highest BCUT2D eigenvalue weighted by Crippen LogP contribution is 2.31. The molecule has 1 aromatic heterocycles. The molecule has 1 aromatic carbocycles. The molecule has 0 fully saturated rings. The van der Waals surface area contributed by atoms with E-state index >= 15 is 0 Å². The van der Waals surface area contributed by atoms with Gasteiger partial charge in [0, 0.05) is 35.8 Å². The number of fused-ring (bicyclic) bond motifs is 1. The molecule has 0 aliphatic carbocycles. The number of nitrogens with one attached hydrogen (secondary N) is 1. The lowest BCUT2D eigenvalue weighted by Crippen LogP contribution is -2.32. The highest BCUT2D eigenvalue weighted by molar-refractivity contribution is 5.94. The summed E-state index contributed by atoms with van der Waals surface area (Å²) in [4.78, 5) is 15.3. The number of aromatic amines is 1. The van der Waals surface area contributed by atoms with Gasteiger partial charge in [0.25, 0.3) is 5.69 Å². The van der Waals surface area contributed by atoms with Gasteiger partial charge in [-0.05, 0) is 6.07 Å². The summed E-state index contributed by atoms with van der Waals surface area (Å²) >= 11 is 0. The topological polar surface area (TPSA) is 62.2 Å². The second-order valence-electron chi connectivity index (χ2n) is 4.51. The second kappa shape index (κ2) is 4.38. The maximum Gasteiger partial charge on any atom is 0.270 e. The van der Waals surface area contributed by atoms with Gasteiger partial charge in [-0.1, -0.05) is 12.2 Å². The van der Waals surface area contributed by atoms with Crippen LogP contribution in [0.15, 0.2) is 36.5 Å². The monoisotopic (exact) mass is 261 g/mol.